The molecule has 0 bridgehead atoms. The van der Waals surface area contributed by atoms with Gasteiger partial charge in [0.1, 0.15) is 0 Å². The van der Waals surface area contributed by atoms with Crippen LogP contribution >= 0.6 is 0 Å². The second-order valence-corrected chi connectivity index (χ2v) is 5.98. The largest absolute Gasteiger partial charge is 0.388 e. The maximum atomic E-state index is 12.3. The fourth-order valence-corrected chi connectivity index (χ4v) is 3.06. The number of benzene rings is 2. The van der Waals surface area contributed by atoms with Gasteiger partial charge in [-0.3, -0.25) is 0 Å². The molecule has 2 N–H and O–H groups in total. The van der Waals surface area contributed by atoms with Gasteiger partial charge in [0.25, 0.3) is 0 Å². The summed E-state index contributed by atoms with van der Waals surface area (Å²) in [5.41, 5.74) is 1.77. The third-order valence-corrected chi connectivity index (χ3v) is 4.44. The van der Waals surface area contributed by atoms with Gasteiger partial charge in [0, 0.05) is 18.8 Å². The molecule has 4 nitrogen and oxygen atoms in total. The van der Waals surface area contributed by atoms with Crippen LogP contribution in [0.1, 0.15) is 24.5 Å². The van der Waals surface area contributed by atoms with Crippen LogP contribution in [0.25, 0.3) is 0 Å². The summed E-state index contributed by atoms with van der Waals surface area (Å²) in [5.74, 6) is 0.207. The molecule has 1 aliphatic rings. The number of hydrogen-bond acceptors (Lipinski definition) is 2. The number of rotatable bonds is 3. The van der Waals surface area contributed by atoms with E-state index in [1.807, 2.05) is 65.6 Å². The summed E-state index contributed by atoms with van der Waals surface area (Å²) in [6.45, 7) is 1.35. The highest BCUT2D eigenvalue weighted by atomic mass is 16.3. The van der Waals surface area contributed by atoms with Gasteiger partial charge in [0.2, 0.25) is 0 Å². The Hall–Kier alpha value is -2.33. The van der Waals surface area contributed by atoms with E-state index in [0.29, 0.717) is 13.1 Å². The van der Waals surface area contributed by atoms with E-state index in [1.165, 1.54) is 0 Å². The number of nitrogens with one attached hydrogen (secondary N) is 1. The van der Waals surface area contributed by atoms with Crippen LogP contribution in [0.2, 0.25) is 0 Å². The van der Waals surface area contributed by atoms with Crippen LogP contribution in [-0.4, -0.2) is 29.1 Å². The molecule has 0 aliphatic carbocycles. The molecular formula is C19H22N2O2. The summed E-state index contributed by atoms with van der Waals surface area (Å²) in [7, 11) is 0. The first-order chi connectivity index (χ1) is 11.2. The van der Waals surface area contributed by atoms with Crippen molar-refractivity contribution in [3.63, 3.8) is 0 Å². The second kappa shape index (κ2) is 7.29. The molecule has 0 aromatic heterocycles. The van der Waals surface area contributed by atoms with E-state index in [9.17, 15) is 9.90 Å². The number of carbonyl (C=O) groups excluding carboxylic acids is 1. The molecular weight excluding hydrogens is 288 g/mol. The molecule has 1 saturated heterocycles. The Labute approximate surface area is 136 Å². The highest BCUT2D eigenvalue weighted by Crippen LogP contribution is 2.30. The van der Waals surface area contributed by atoms with Gasteiger partial charge in [-0.25, -0.2) is 4.79 Å². The van der Waals surface area contributed by atoms with Gasteiger partial charge in [-0.1, -0.05) is 48.5 Å². The first kappa shape index (κ1) is 15.6. The average Bonchev–Trinajstić information content (AvgIpc) is 2.63. The lowest BCUT2D eigenvalue weighted by atomic mass is 9.87. The Morgan fingerprint density at radius 3 is 2.17 bits per heavy atom. The molecule has 1 heterocycles. The lowest BCUT2D eigenvalue weighted by molar-refractivity contribution is 0.0683. The summed E-state index contributed by atoms with van der Waals surface area (Å²) in [5, 5.41) is 13.4. The first-order valence-corrected chi connectivity index (χ1v) is 8.08. The molecule has 4 heteroatoms. The van der Waals surface area contributed by atoms with E-state index >= 15 is 0 Å². The van der Waals surface area contributed by atoms with Gasteiger partial charge in [0.05, 0.1) is 6.10 Å². The summed E-state index contributed by atoms with van der Waals surface area (Å²) >= 11 is 0. The van der Waals surface area contributed by atoms with Crippen molar-refractivity contribution in [3.05, 3.63) is 66.2 Å². The first-order valence-electron chi connectivity index (χ1n) is 8.08. The average molecular weight is 310 g/mol. The quantitative estimate of drug-likeness (QED) is 0.909. The molecule has 1 atom stereocenters. The molecule has 120 valence electrons. The number of carbonyl (C=O) groups is 1. The lowest BCUT2D eigenvalue weighted by Gasteiger charge is -2.34. The fourth-order valence-electron chi connectivity index (χ4n) is 3.06. The number of likely N-dealkylation sites (tertiary alicyclic amines) is 1. The predicted molar refractivity (Wildman–Crippen MR) is 91.2 cm³/mol. The normalized spacial score (nSPS) is 16.8. The van der Waals surface area contributed by atoms with Crippen molar-refractivity contribution in [2.75, 3.05) is 18.4 Å². The Kier molecular flexibility index (Phi) is 4.93. The van der Waals surface area contributed by atoms with E-state index in [1.54, 1.807) is 0 Å². The van der Waals surface area contributed by atoms with Crippen molar-refractivity contribution < 1.29 is 9.90 Å². The summed E-state index contributed by atoms with van der Waals surface area (Å²) in [6, 6.07) is 19.2. The third kappa shape index (κ3) is 3.90. The van der Waals surface area contributed by atoms with Crippen LogP contribution in [0.4, 0.5) is 10.5 Å². The number of aliphatic hydroxyl groups is 1. The number of nitrogens with zero attached hydrogens (tertiary/aromatic N) is 1. The Bertz CT molecular complexity index is 622. The van der Waals surface area contributed by atoms with E-state index < -0.39 is 6.10 Å². The van der Waals surface area contributed by atoms with Gasteiger partial charge in [0.15, 0.2) is 0 Å². The van der Waals surface area contributed by atoms with Crippen molar-refractivity contribution in [2.24, 2.45) is 5.92 Å². The zero-order valence-electron chi connectivity index (χ0n) is 13.1. The lowest BCUT2D eigenvalue weighted by Crippen LogP contribution is -2.42. The van der Waals surface area contributed by atoms with Crippen molar-refractivity contribution in [3.8, 4) is 0 Å². The van der Waals surface area contributed by atoms with Crippen molar-refractivity contribution in [1.82, 2.24) is 4.90 Å². The standard InChI is InChI=1S/C19H22N2O2/c22-18(15-7-3-1-4-8-15)16-11-13-21(14-12-16)19(23)20-17-9-5-2-6-10-17/h1-10,16,18,22H,11-14H2,(H,20,23). The molecule has 1 fully saturated rings. The van der Waals surface area contributed by atoms with Gasteiger partial charge in [-0.15, -0.1) is 0 Å². The van der Waals surface area contributed by atoms with Gasteiger partial charge in [-0.05, 0) is 36.5 Å². The molecule has 2 amide bonds. The van der Waals surface area contributed by atoms with E-state index in [2.05, 4.69) is 5.32 Å². The molecule has 2 aromatic carbocycles. The van der Waals surface area contributed by atoms with E-state index in [-0.39, 0.29) is 11.9 Å². The minimum Gasteiger partial charge on any atom is -0.388 e. The predicted octanol–water partition coefficient (Wildman–Crippen LogP) is 3.66. The van der Waals surface area contributed by atoms with Crippen LogP contribution in [0.3, 0.4) is 0 Å². The molecule has 0 saturated carbocycles. The smallest absolute Gasteiger partial charge is 0.321 e. The zero-order chi connectivity index (χ0) is 16.1. The van der Waals surface area contributed by atoms with Crippen LogP contribution in [0, 0.1) is 5.92 Å². The highest BCUT2D eigenvalue weighted by molar-refractivity contribution is 5.89. The summed E-state index contributed by atoms with van der Waals surface area (Å²) < 4.78 is 0. The number of urea groups is 1. The number of para-hydroxylation sites is 1. The molecule has 2 aromatic rings. The number of anilines is 1. The molecule has 0 spiro atoms. The minimum absolute atomic E-state index is 0.0659. The molecule has 1 unspecified atom stereocenters. The Morgan fingerprint density at radius 1 is 1.00 bits per heavy atom. The molecule has 0 radical (unpaired) electrons. The summed E-state index contributed by atoms with van der Waals surface area (Å²) in [4.78, 5) is 14.1. The molecule has 23 heavy (non-hydrogen) atoms. The SMILES string of the molecule is O=C(Nc1ccccc1)N1CCC(C(O)c2ccccc2)CC1. The number of hydrogen-bond donors (Lipinski definition) is 2. The van der Waals surface area contributed by atoms with Crippen LogP contribution in [0.5, 0.6) is 0 Å². The monoisotopic (exact) mass is 310 g/mol. The van der Waals surface area contributed by atoms with Crippen molar-refractivity contribution in [2.45, 2.75) is 18.9 Å². The number of piperidine rings is 1. The number of aliphatic hydroxyl groups excluding tert-OH is 1. The van der Waals surface area contributed by atoms with Crippen molar-refractivity contribution >= 4 is 11.7 Å². The maximum absolute atomic E-state index is 12.3. The highest BCUT2D eigenvalue weighted by Gasteiger charge is 2.28. The fraction of sp³-hybridized carbons (Fsp3) is 0.316. The zero-order valence-corrected chi connectivity index (χ0v) is 13.1. The topological polar surface area (TPSA) is 52.6 Å². The third-order valence-electron chi connectivity index (χ3n) is 4.44. The molecule has 3 rings (SSSR count). The number of amides is 2. The van der Waals surface area contributed by atoms with E-state index in [4.69, 9.17) is 0 Å². The minimum atomic E-state index is -0.449. The van der Waals surface area contributed by atoms with Crippen LogP contribution in [-0.2, 0) is 0 Å². The van der Waals surface area contributed by atoms with E-state index in [0.717, 1.165) is 24.1 Å². The Balaban J connectivity index is 1.53. The van der Waals surface area contributed by atoms with Gasteiger partial charge < -0.3 is 15.3 Å². The Morgan fingerprint density at radius 2 is 1.57 bits per heavy atom. The molecule has 1 aliphatic heterocycles. The second-order valence-electron chi connectivity index (χ2n) is 5.98. The summed E-state index contributed by atoms with van der Waals surface area (Å²) in [6.07, 6.45) is 1.19. The van der Waals surface area contributed by atoms with Gasteiger partial charge in [-0.2, -0.15) is 0 Å². The van der Waals surface area contributed by atoms with Crippen LogP contribution in [0.15, 0.2) is 60.7 Å². The maximum Gasteiger partial charge on any atom is 0.321 e. The van der Waals surface area contributed by atoms with Gasteiger partial charge >= 0.3 is 6.03 Å². The van der Waals surface area contributed by atoms with Crippen LogP contribution < -0.4 is 5.32 Å². The van der Waals surface area contributed by atoms with Crippen molar-refractivity contribution in [1.29, 1.82) is 0 Å².